The summed E-state index contributed by atoms with van der Waals surface area (Å²) < 4.78 is 31.8. The summed E-state index contributed by atoms with van der Waals surface area (Å²) in [6.45, 7) is 0.329. The lowest BCUT2D eigenvalue weighted by atomic mass is 10.3. The molecule has 0 unspecified atom stereocenters. The Bertz CT molecular complexity index is 498. The standard InChI is InChI=1S/C11H8BrF2NO/c12-8-3-4-16-11(8)6-15-10-2-1-7(13)5-9(10)14/h1-5,15H,6H2. The van der Waals surface area contributed by atoms with Crippen LogP contribution in [0.5, 0.6) is 0 Å². The molecule has 2 rings (SSSR count). The third kappa shape index (κ3) is 2.41. The van der Waals surface area contributed by atoms with Crippen molar-refractivity contribution in [1.82, 2.24) is 0 Å². The van der Waals surface area contributed by atoms with Gasteiger partial charge in [-0.1, -0.05) is 0 Å². The van der Waals surface area contributed by atoms with Crippen LogP contribution in [-0.2, 0) is 6.54 Å². The van der Waals surface area contributed by atoms with Gasteiger partial charge in [-0.3, -0.25) is 0 Å². The first-order valence-electron chi connectivity index (χ1n) is 4.57. The maximum atomic E-state index is 13.2. The molecule has 0 amide bonds. The Kier molecular flexibility index (Phi) is 3.24. The zero-order chi connectivity index (χ0) is 11.5. The van der Waals surface area contributed by atoms with E-state index >= 15 is 0 Å². The van der Waals surface area contributed by atoms with Crippen LogP contribution in [0.15, 0.2) is 39.4 Å². The van der Waals surface area contributed by atoms with Gasteiger partial charge in [0.2, 0.25) is 0 Å². The van der Waals surface area contributed by atoms with Crippen LogP contribution in [0, 0.1) is 11.6 Å². The van der Waals surface area contributed by atoms with E-state index < -0.39 is 11.6 Å². The first-order valence-corrected chi connectivity index (χ1v) is 5.37. The molecule has 0 radical (unpaired) electrons. The highest BCUT2D eigenvalue weighted by atomic mass is 79.9. The van der Waals surface area contributed by atoms with Crippen molar-refractivity contribution in [1.29, 1.82) is 0 Å². The predicted octanol–water partition coefficient (Wildman–Crippen LogP) is 3.93. The molecule has 2 nitrogen and oxygen atoms in total. The van der Waals surface area contributed by atoms with Crippen LogP contribution < -0.4 is 5.32 Å². The molecule has 0 bridgehead atoms. The summed E-state index contributed by atoms with van der Waals surface area (Å²) in [5.41, 5.74) is 0.240. The van der Waals surface area contributed by atoms with E-state index in [-0.39, 0.29) is 5.69 Å². The summed E-state index contributed by atoms with van der Waals surface area (Å²) in [6, 6.07) is 5.13. The van der Waals surface area contributed by atoms with E-state index in [1.807, 2.05) is 0 Å². The molecule has 0 saturated heterocycles. The minimum absolute atomic E-state index is 0.240. The Hall–Kier alpha value is -1.36. The Morgan fingerprint density at radius 1 is 1.25 bits per heavy atom. The van der Waals surface area contributed by atoms with Gasteiger partial charge in [0.15, 0.2) is 0 Å². The summed E-state index contributed by atoms with van der Waals surface area (Å²) in [6.07, 6.45) is 1.53. The Morgan fingerprint density at radius 2 is 2.06 bits per heavy atom. The Morgan fingerprint density at radius 3 is 2.69 bits per heavy atom. The van der Waals surface area contributed by atoms with E-state index in [0.717, 1.165) is 10.5 Å². The van der Waals surface area contributed by atoms with Crippen LogP contribution in [0.1, 0.15) is 5.76 Å². The number of anilines is 1. The predicted molar refractivity (Wildman–Crippen MR) is 60.1 cm³/mol. The van der Waals surface area contributed by atoms with Crippen molar-refractivity contribution in [3.63, 3.8) is 0 Å². The largest absolute Gasteiger partial charge is 0.466 e. The van der Waals surface area contributed by atoms with Crippen LogP contribution in [-0.4, -0.2) is 0 Å². The molecule has 0 aliphatic heterocycles. The summed E-state index contributed by atoms with van der Waals surface area (Å²) in [5.74, 6) is -0.561. The topological polar surface area (TPSA) is 25.2 Å². The Labute approximate surface area is 99.4 Å². The number of nitrogens with one attached hydrogen (secondary N) is 1. The second kappa shape index (κ2) is 4.65. The van der Waals surface area contributed by atoms with E-state index in [9.17, 15) is 8.78 Å². The number of benzene rings is 1. The quantitative estimate of drug-likeness (QED) is 0.925. The first-order chi connectivity index (χ1) is 7.66. The minimum Gasteiger partial charge on any atom is -0.466 e. The van der Waals surface area contributed by atoms with Crippen LogP contribution in [0.3, 0.4) is 0 Å². The molecule has 0 aliphatic carbocycles. The van der Waals surface area contributed by atoms with Crippen molar-refractivity contribution in [2.24, 2.45) is 0 Å². The molecule has 0 spiro atoms. The van der Waals surface area contributed by atoms with Gasteiger partial charge in [0.05, 0.1) is 23.0 Å². The molecular formula is C11H8BrF2NO. The molecule has 1 heterocycles. The number of rotatable bonds is 3. The lowest BCUT2D eigenvalue weighted by Crippen LogP contribution is -2.01. The molecule has 0 aliphatic rings. The monoisotopic (exact) mass is 287 g/mol. The third-order valence-corrected chi connectivity index (χ3v) is 2.77. The van der Waals surface area contributed by atoms with Gasteiger partial charge in [-0.15, -0.1) is 0 Å². The normalized spacial score (nSPS) is 10.4. The fourth-order valence-corrected chi connectivity index (χ4v) is 1.60. The van der Waals surface area contributed by atoms with Gasteiger partial charge in [0.25, 0.3) is 0 Å². The summed E-state index contributed by atoms with van der Waals surface area (Å²) >= 11 is 3.28. The number of hydrogen-bond acceptors (Lipinski definition) is 2. The van der Waals surface area contributed by atoms with E-state index in [0.29, 0.717) is 12.3 Å². The van der Waals surface area contributed by atoms with Gasteiger partial charge in [0, 0.05) is 6.07 Å². The maximum Gasteiger partial charge on any atom is 0.149 e. The second-order valence-corrected chi connectivity index (χ2v) is 4.02. The highest BCUT2D eigenvalue weighted by Crippen LogP contribution is 2.20. The van der Waals surface area contributed by atoms with Crippen molar-refractivity contribution in [2.45, 2.75) is 6.54 Å². The van der Waals surface area contributed by atoms with E-state index in [1.54, 1.807) is 6.07 Å². The van der Waals surface area contributed by atoms with Crippen molar-refractivity contribution in [2.75, 3.05) is 5.32 Å². The lowest BCUT2D eigenvalue weighted by Gasteiger charge is -2.05. The van der Waals surface area contributed by atoms with E-state index in [1.165, 1.54) is 18.4 Å². The lowest BCUT2D eigenvalue weighted by molar-refractivity contribution is 0.515. The smallest absolute Gasteiger partial charge is 0.149 e. The average molecular weight is 288 g/mol. The molecule has 2 aromatic rings. The van der Waals surface area contributed by atoms with Crippen LogP contribution in [0.4, 0.5) is 14.5 Å². The van der Waals surface area contributed by atoms with Crippen molar-refractivity contribution in [3.05, 3.63) is 52.4 Å². The molecule has 1 N–H and O–H groups in total. The molecule has 16 heavy (non-hydrogen) atoms. The second-order valence-electron chi connectivity index (χ2n) is 3.17. The fraction of sp³-hybridized carbons (Fsp3) is 0.0909. The fourth-order valence-electron chi connectivity index (χ4n) is 1.26. The molecule has 5 heteroatoms. The molecule has 1 aromatic heterocycles. The third-order valence-electron chi connectivity index (χ3n) is 2.06. The zero-order valence-electron chi connectivity index (χ0n) is 8.14. The highest BCUT2D eigenvalue weighted by molar-refractivity contribution is 9.10. The van der Waals surface area contributed by atoms with Crippen molar-refractivity contribution >= 4 is 21.6 Å². The van der Waals surface area contributed by atoms with Crippen LogP contribution in [0.25, 0.3) is 0 Å². The molecular weight excluding hydrogens is 280 g/mol. The summed E-state index contributed by atoms with van der Waals surface area (Å²) in [4.78, 5) is 0. The molecule has 84 valence electrons. The van der Waals surface area contributed by atoms with Gasteiger partial charge in [0.1, 0.15) is 17.4 Å². The minimum atomic E-state index is -0.623. The SMILES string of the molecule is Fc1ccc(NCc2occc2Br)c(F)c1. The van der Waals surface area contributed by atoms with Crippen LogP contribution >= 0.6 is 15.9 Å². The molecule has 0 atom stereocenters. The number of hydrogen-bond donors (Lipinski definition) is 1. The molecule has 1 aromatic carbocycles. The van der Waals surface area contributed by atoms with E-state index in [2.05, 4.69) is 21.2 Å². The molecule has 0 fully saturated rings. The Balaban J connectivity index is 2.08. The van der Waals surface area contributed by atoms with Crippen molar-refractivity contribution < 1.29 is 13.2 Å². The summed E-state index contributed by atoms with van der Waals surface area (Å²) in [5, 5.41) is 2.82. The number of furan rings is 1. The number of halogens is 3. The maximum absolute atomic E-state index is 13.2. The van der Waals surface area contributed by atoms with Gasteiger partial charge in [-0.2, -0.15) is 0 Å². The van der Waals surface area contributed by atoms with Crippen LogP contribution in [0.2, 0.25) is 0 Å². The van der Waals surface area contributed by atoms with Gasteiger partial charge >= 0.3 is 0 Å². The van der Waals surface area contributed by atoms with Gasteiger partial charge < -0.3 is 9.73 Å². The van der Waals surface area contributed by atoms with Gasteiger partial charge in [-0.05, 0) is 34.1 Å². The molecule has 0 saturated carbocycles. The van der Waals surface area contributed by atoms with Crippen molar-refractivity contribution in [3.8, 4) is 0 Å². The van der Waals surface area contributed by atoms with Gasteiger partial charge in [-0.25, -0.2) is 8.78 Å². The first kappa shape index (κ1) is 11.1. The van der Waals surface area contributed by atoms with E-state index in [4.69, 9.17) is 4.42 Å². The average Bonchev–Trinajstić information content (AvgIpc) is 2.63. The summed E-state index contributed by atoms with van der Waals surface area (Å²) in [7, 11) is 0. The zero-order valence-corrected chi connectivity index (χ0v) is 9.72. The highest BCUT2D eigenvalue weighted by Gasteiger charge is 2.06.